The maximum atomic E-state index is 13.0. The minimum Gasteiger partial charge on any atom is -0.478 e. The lowest BCUT2D eigenvalue weighted by Crippen LogP contribution is -2.35. The van der Waals surface area contributed by atoms with E-state index in [0.29, 0.717) is 23.4 Å². The van der Waals surface area contributed by atoms with Crippen molar-refractivity contribution in [3.05, 3.63) is 69.5 Å². The quantitative estimate of drug-likeness (QED) is 0.258. The number of rotatable bonds is 10. The Labute approximate surface area is 218 Å². The number of nitrogens with one attached hydrogen (secondary N) is 1. The van der Waals surface area contributed by atoms with Gasteiger partial charge in [0, 0.05) is 32.1 Å². The van der Waals surface area contributed by atoms with Crippen LogP contribution in [0, 0.1) is 0 Å². The molecule has 0 saturated heterocycles. The number of carbonyl (C=O) groups excluding carboxylic acids is 2. The number of ether oxygens (including phenoxy) is 3. The van der Waals surface area contributed by atoms with Crippen molar-refractivity contribution in [2.45, 2.75) is 19.8 Å². The van der Waals surface area contributed by atoms with Crippen LogP contribution in [0.2, 0.25) is 5.02 Å². The summed E-state index contributed by atoms with van der Waals surface area (Å²) >= 11 is 6.40. The molecule has 0 amide bonds. The molecule has 1 aromatic rings. The molecule has 196 valence electrons. The van der Waals surface area contributed by atoms with Crippen LogP contribution >= 0.6 is 11.6 Å². The smallest absolute Gasteiger partial charge is 0.336 e. The Bertz CT molecular complexity index is 1210. The number of aliphatic carboxylic acids is 2. The van der Waals surface area contributed by atoms with Gasteiger partial charge in [0.15, 0.2) is 0 Å². The maximum Gasteiger partial charge on any atom is 0.336 e. The van der Waals surface area contributed by atoms with E-state index in [0.717, 1.165) is 0 Å². The summed E-state index contributed by atoms with van der Waals surface area (Å²) in [6.45, 7) is -3.02. The molecule has 0 bridgehead atoms. The van der Waals surface area contributed by atoms with Gasteiger partial charge in [0.2, 0.25) is 0 Å². The van der Waals surface area contributed by atoms with Crippen LogP contribution in [0.4, 0.5) is 0 Å². The molecule has 11 nitrogen and oxygen atoms in total. The molecule has 1 aliphatic rings. The van der Waals surface area contributed by atoms with Gasteiger partial charge < -0.3 is 35.5 Å². The molecule has 1 aromatic carbocycles. The fourth-order valence-electron chi connectivity index (χ4n) is 3.15. The molecule has 36 heavy (non-hydrogen) atoms. The molecular weight excluding hydrogens is 496 g/mol. The van der Waals surface area contributed by atoms with Gasteiger partial charge in [-0.2, -0.15) is 0 Å². The SMILES string of the molecule is O=C(O)/C=C\C(=O)O.[2H]C([2H])(N)C([2H])([2H])OCC1=C(C(=O)OCC)C(c2ccccc2Cl)C(C(=O)OC)=C(C)N1. The Morgan fingerprint density at radius 1 is 1.14 bits per heavy atom. The molecular formula is C24H29ClN2O9. The second-order valence-corrected chi connectivity index (χ2v) is 7.17. The highest BCUT2D eigenvalue weighted by atomic mass is 35.5. The van der Waals surface area contributed by atoms with E-state index < -0.39 is 49.5 Å². The van der Waals surface area contributed by atoms with Gasteiger partial charge in [0.1, 0.15) is 0 Å². The molecule has 0 aliphatic carbocycles. The van der Waals surface area contributed by atoms with Crippen molar-refractivity contribution >= 4 is 35.5 Å². The van der Waals surface area contributed by atoms with Gasteiger partial charge in [-0.1, -0.05) is 29.8 Å². The Morgan fingerprint density at radius 2 is 1.75 bits per heavy atom. The van der Waals surface area contributed by atoms with Crippen molar-refractivity contribution in [1.82, 2.24) is 5.32 Å². The first-order chi connectivity index (χ1) is 18.5. The fraction of sp³-hybridized carbons (Fsp3) is 0.333. The number of hydrogen-bond donors (Lipinski definition) is 4. The maximum absolute atomic E-state index is 13.0. The molecule has 1 aliphatic heterocycles. The highest BCUT2D eigenvalue weighted by Gasteiger charge is 2.39. The molecule has 1 heterocycles. The number of hydrogen-bond acceptors (Lipinski definition) is 9. The first-order valence-corrected chi connectivity index (χ1v) is 10.6. The predicted octanol–water partition coefficient (Wildman–Crippen LogP) is 1.98. The van der Waals surface area contributed by atoms with Crippen molar-refractivity contribution in [2.24, 2.45) is 5.73 Å². The van der Waals surface area contributed by atoms with E-state index in [1.165, 1.54) is 7.11 Å². The number of benzene rings is 1. The van der Waals surface area contributed by atoms with Gasteiger partial charge in [-0.25, -0.2) is 19.2 Å². The Hall–Kier alpha value is -3.67. The highest BCUT2D eigenvalue weighted by molar-refractivity contribution is 6.31. The van der Waals surface area contributed by atoms with Gasteiger partial charge in [-0.15, -0.1) is 0 Å². The van der Waals surface area contributed by atoms with E-state index in [4.69, 9.17) is 47.2 Å². The molecule has 0 radical (unpaired) electrons. The van der Waals surface area contributed by atoms with Crippen molar-refractivity contribution in [3.63, 3.8) is 0 Å². The zero-order valence-electron chi connectivity index (χ0n) is 23.7. The molecule has 0 spiro atoms. The predicted molar refractivity (Wildman–Crippen MR) is 130 cm³/mol. The second kappa shape index (κ2) is 15.4. The Morgan fingerprint density at radius 3 is 2.25 bits per heavy atom. The van der Waals surface area contributed by atoms with E-state index in [-0.39, 0.29) is 28.5 Å². The summed E-state index contributed by atoms with van der Waals surface area (Å²) < 4.78 is 45.6. The molecule has 1 atom stereocenters. The normalized spacial score (nSPS) is 17.5. The minimum absolute atomic E-state index is 0.0359. The molecule has 0 saturated carbocycles. The number of carboxylic acids is 2. The van der Waals surface area contributed by atoms with Crippen molar-refractivity contribution in [2.75, 3.05) is 33.4 Å². The van der Waals surface area contributed by atoms with E-state index in [1.807, 2.05) is 0 Å². The number of methoxy groups -OCH3 is 1. The third kappa shape index (κ3) is 8.84. The van der Waals surface area contributed by atoms with E-state index in [1.54, 1.807) is 38.1 Å². The topological polar surface area (TPSA) is 174 Å². The van der Waals surface area contributed by atoms with E-state index in [9.17, 15) is 19.2 Å². The van der Waals surface area contributed by atoms with Crippen LogP contribution in [-0.4, -0.2) is 67.5 Å². The summed E-state index contributed by atoms with van der Waals surface area (Å²) in [6, 6.07) is 6.62. The van der Waals surface area contributed by atoms with Gasteiger partial charge >= 0.3 is 23.9 Å². The lowest BCUT2D eigenvalue weighted by Gasteiger charge is -2.31. The number of carboxylic acid groups (broad SMARTS) is 2. The van der Waals surface area contributed by atoms with Crippen molar-refractivity contribution in [3.8, 4) is 0 Å². The van der Waals surface area contributed by atoms with Crippen LogP contribution in [0.25, 0.3) is 0 Å². The van der Waals surface area contributed by atoms with Crippen LogP contribution < -0.4 is 11.1 Å². The highest BCUT2D eigenvalue weighted by Crippen LogP contribution is 2.41. The molecule has 0 fully saturated rings. The summed E-state index contributed by atoms with van der Waals surface area (Å²) in [5.41, 5.74) is 6.13. The van der Waals surface area contributed by atoms with Crippen molar-refractivity contribution < 1.29 is 49.1 Å². The fourth-order valence-corrected chi connectivity index (χ4v) is 3.40. The standard InChI is InChI=1S/C20H25ClN2O5.C4H4O4/c1-4-28-20(25)18-15(11-27-10-9-22)23-12(2)16(19(24)26-3)17(18)13-7-5-6-8-14(13)21;5-3(6)1-2-4(7)8/h5-8,17,23H,4,9-11,22H2,1-3H3;1-2H,(H,5,6)(H,7,8)/b;2-1-/i9D2,10D2;. The summed E-state index contributed by atoms with van der Waals surface area (Å²) in [4.78, 5) is 44.8. The Balaban J connectivity index is 0.000000869. The van der Waals surface area contributed by atoms with Crippen LogP contribution in [-0.2, 0) is 33.4 Å². The Kier molecular flexibility index (Phi) is 10.3. The average Bonchev–Trinajstić information content (AvgIpc) is 2.85. The van der Waals surface area contributed by atoms with Crippen LogP contribution in [0.1, 0.15) is 30.8 Å². The van der Waals surface area contributed by atoms with Crippen LogP contribution in [0.5, 0.6) is 0 Å². The first kappa shape index (κ1) is 24.0. The summed E-state index contributed by atoms with van der Waals surface area (Å²) in [5.74, 6) is -5.00. The zero-order valence-corrected chi connectivity index (χ0v) is 20.4. The second-order valence-electron chi connectivity index (χ2n) is 6.77. The molecule has 5 N–H and O–H groups in total. The number of halogens is 1. The summed E-state index contributed by atoms with van der Waals surface area (Å²) in [6.07, 6.45) is 1.12. The number of dihydropyridines is 1. The van der Waals surface area contributed by atoms with Gasteiger partial charge in [0.25, 0.3) is 0 Å². The average molecular weight is 529 g/mol. The lowest BCUT2D eigenvalue weighted by atomic mass is 9.80. The number of esters is 2. The van der Waals surface area contributed by atoms with Gasteiger partial charge in [0.05, 0.1) is 52.4 Å². The number of allylic oxidation sites excluding steroid dienone is 1. The third-order valence-corrected chi connectivity index (χ3v) is 4.82. The van der Waals surface area contributed by atoms with Gasteiger partial charge in [-0.05, 0) is 25.5 Å². The first-order valence-electron chi connectivity index (χ1n) is 12.3. The van der Waals surface area contributed by atoms with Crippen LogP contribution in [0.3, 0.4) is 0 Å². The monoisotopic (exact) mass is 528 g/mol. The molecule has 0 aromatic heterocycles. The number of nitrogens with two attached hydrogens (primary N) is 1. The van der Waals surface area contributed by atoms with E-state index in [2.05, 4.69) is 5.32 Å². The summed E-state index contributed by atoms with van der Waals surface area (Å²) in [5, 5.41) is 18.8. The van der Waals surface area contributed by atoms with Crippen molar-refractivity contribution in [1.29, 1.82) is 0 Å². The minimum atomic E-state index is -2.87. The molecule has 12 heteroatoms. The largest absolute Gasteiger partial charge is 0.478 e. The summed E-state index contributed by atoms with van der Waals surface area (Å²) in [7, 11) is 1.20. The molecule has 1 unspecified atom stereocenters. The third-order valence-electron chi connectivity index (χ3n) is 4.48. The van der Waals surface area contributed by atoms with Crippen LogP contribution in [0.15, 0.2) is 59.0 Å². The molecule has 2 rings (SSSR count). The lowest BCUT2D eigenvalue weighted by molar-refractivity contribution is -0.139. The zero-order chi connectivity index (χ0) is 30.8. The number of carbonyl (C=O) groups is 4. The van der Waals surface area contributed by atoms with Gasteiger partial charge in [-0.3, -0.25) is 0 Å². The van der Waals surface area contributed by atoms with E-state index >= 15 is 0 Å².